The summed E-state index contributed by atoms with van der Waals surface area (Å²) in [5.41, 5.74) is 5.42. The molecule has 1 amide bonds. The van der Waals surface area contributed by atoms with Crippen molar-refractivity contribution >= 4 is 28.9 Å². The maximum absolute atomic E-state index is 11.6. The number of aliphatic hydroxyl groups is 1. The van der Waals surface area contributed by atoms with E-state index < -0.39 is 6.23 Å². The van der Waals surface area contributed by atoms with E-state index in [1.807, 2.05) is 43.5 Å². The Kier molecular flexibility index (Phi) is 9.40. The van der Waals surface area contributed by atoms with Gasteiger partial charge in [-0.3, -0.25) is 14.7 Å². The van der Waals surface area contributed by atoms with Crippen LogP contribution < -0.4 is 20.4 Å². The highest BCUT2D eigenvalue weighted by Gasteiger charge is 2.30. The number of carbonyl (C=O) groups excluding carboxylic acids is 1. The van der Waals surface area contributed by atoms with Crippen molar-refractivity contribution in [2.45, 2.75) is 44.8 Å². The fourth-order valence-electron chi connectivity index (χ4n) is 7.58. The molecule has 52 heavy (non-hydrogen) atoms. The van der Waals surface area contributed by atoms with Crippen LogP contribution in [0, 0.1) is 17.2 Å². The highest BCUT2D eigenvalue weighted by atomic mass is 16.4. The molecule has 3 fully saturated rings. The van der Waals surface area contributed by atoms with Gasteiger partial charge in [-0.05, 0) is 68.0 Å². The minimum Gasteiger partial charge on any atom is -0.403 e. The largest absolute Gasteiger partial charge is 0.403 e. The van der Waals surface area contributed by atoms with Crippen LogP contribution in [0.5, 0.6) is 0 Å². The first-order valence-corrected chi connectivity index (χ1v) is 18.1. The van der Waals surface area contributed by atoms with Gasteiger partial charge in [0.1, 0.15) is 18.1 Å². The Morgan fingerprint density at radius 3 is 2.58 bits per heavy atom. The van der Waals surface area contributed by atoms with Crippen LogP contribution in [0.4, 0.5) is 17.5 Å². The Balaban J connectivity index is 0.842. The zero-order chi connectivity index (χ0) is 35.6. The summed E-state index contributed by atoms with van der Waals surface area (Å²) in [5.74, 6) is 1.80. The zero-order valence-electron chi connectivity index (χ0n) is 29.1. The summed E-state index contributed by atoms with van der Waals surface area (Å²) in [6.45, 7) is 9.25. The Morgan fingerprint density at radius 2 is 1.83 bits per heavy atom. The van der Waals surface area contributed by atoms with Crippen LogP contribution in [0.15, 0.2) is 59.4 Å². The zero-order valence-corrected chi connectivity index (χ0v) is 29.1. The number of fused-ring (bicyclic) bond motifs is 1. The van der Waals surface area contributed by atoms with E-state index in [4.69, 9.17) is 14.4 Å². The molecule has 0 saturated carbocycles. The maximum Gasteiger partial charge on any atom is 0.318 e. The lowest BCUT2D eigenvalue weighted by molar-refractivity contribution is -0.127. The molecule has 3 aliphatic heterocycles. The van der Waals surface area contributed by atoms with Crippen molar-refractivity contribution < 1.29 is 14.3 Å². The number of aliphatic hydroxyl groups excluding tert-OH is 1. The van der Waals surface area contributed by atoms with Crippen LogP contribution >= 0.6 is 0 Å². The minimum absolute atomic E-state index is 0.102. The van der Waals surface area contributed by atoms with E-state index in [2.05, 4.69) is 46.7 Å². The first-order valence-electron chi connectivity index (χ1n) is 18.1. The number of carbonyl (C=O) groups is 1. The highest BCUT2D eigenvalue weighted by molar-refractivity contribution is 5.78. The summed E-state index contributed by atoms with van der Waals surface area (Å²) in [6, 6.07) is 14.4. The van der Waals surface area contributed by atoms with E-state index in [-0.39, 0.29) is 11.8 Å². The Morgan fingerprint density at radius 1 is 0.981 bits per heavy atom. The summed E-state index contributed by atoms with van der Waals surface area (Å²) < 4.78 is 8.01. The molecular formula is C37H42N12O3. The monoisotopic (exact) mass is 702 g/mol. The number of piperazine rings is 1. The molecule has 0 radical (unpaired) electrons. The number of piperidine rings is 2. The third-order valence-corrected chi connectivity index (χ3v) is 10.5. The summed E-state index contributed by atoms with van der Waals surface area (Å²) in [4.78, 5) is 28.1. The standard InChI is InChI=1S/C37H42N12O3/c1-2-39-30-18-31(32-6-4-27-17-25(19-38)20-42-49(27)32)40-22-29(30)36-44-45-37(52-36)48-15-13-46(14-16-48)23-24-9-11-47(12-10-24)33-7-3-26(21-41-33)28-5-8-34(50)43-35(28)51/h3-4,6-7,17-18,20-22,24,28,35,51H,2,5,8-16,23H2,1H3,(H,39,40)(H,43,50)/t28-,35?/m0/s1. The van der Waals surface area contributed by atoms with Gasteiger partial charge in [-0.25, -0.2) is 9.50 Å². The van der Waals surface area contributed by atoms with Gasteiger partial charge < -0.3 is 30.0 Å². The molecule has 1 unspecified atom stereocenters. The van der Waals surface area contributed by atoms with Gasteiger partial charge in [0.25, 0.3) is 5.89 Å². The number of anilines is 3. The Labute approximate surface area is 301 Å². The van der Waals surface area contributed by atoms with E-state index in [0.717, 1.165) is 98.2 Å². The lowest BCUT2D eigenvalue weighted by atomic mass is 9.90. The SMILES string of the molecule is CCNc1cc(-c2ccc3cc(C#N)cnn23)ncc1-c1nnc(N2CCN(CC3CCN(c4ccc([C@@H]5CCC(=O)NC5O)cn4)CC3)CC2)o1. The number of nitrogens with one attached hydrogen (secondary N) is 2. The topological polar surface area (TPSA) is 177 Å². The fourth-order valence-corrected chi connectivity index (χ4v) is 7.58. The van der Waals surface area contributed by atoms with Crippen LogP contribution in [0.1, 0.15) is 49.7 Å². The molecule has 3 saturated heterocycles. The van der Waals surface area contributed by atoms with Crippen molar-refractivity contribution in [1.82, 2.24) is 40.0 Å². The lowest BCUT2D eigenvalue weighted by Crippen LogP contribution is -2.49. The molecular weight excluding hydrogens is 660 g/mol. The number of hydrogen-bond acceptors (Lipinski definition) is 13. The van der Waals surface area contributed by atoms with Crippen molar-refractivity contribution in [3.05, 3.63) is 66.1 Å². The smallest absolute Gasteiger partial charge is 0.318 e. The lowest BCUT2D eigenvalue weighted by Gasteiger charge is -2.38. The predicted molar refractivity (Wildman–Crippen MR) is 195 cm³/mol. The second-order valence-electron chi connectivity index (χ2n) is 13.8. The molecule has 3 N–H and O–H groups in total. The molecule has 8 rings (SSSR count). The van der Waals surface area contributed by atoms with Crippen molar-refractivity contribution in [3.8, 4) is 28.9 Å². The summed E-state index contributed by atoms with van der Waals surface area (Å²) in [7, 11) is 0. The summed E-state index contributed by atoms with van der Waals surface area (Å²) in [6.07, 6.45) is 7.59. The van der Waals surface area contributed by atoms with Gasteiger partial charge in [-0.1, -0.05) is 11.2 Å². The van der Waals surface area contributed by atoms with Crippen molar-refractivity contribution in [2.75, 3.05) is 67.5 Å². The van der Waals surface area contributed by atoms with Gasteiger partial charge in [0.2, 0.25) is 5.91 Å². The molecule has 8 heterocycles. The maximum atomic E-state index is 11.6. The molecule has 268 valence electrons. The molecule has 15 nitrogen and oxygen atoms in total. The van der Waals surface area contributed by atoms with Gasteiger partial charge >= 0.3 is 6.01 Å². The number of pyridine rings is 2. The molecule has 0 bridgehead atoms. The van der Waals surface area contributed by atoms with Crippen LogP contribution in [-0.4, -0.2) is 104 Å². The predicted octanol–water partition coefficient (Wildman–Crippen LogP) is 3.50. The van der Waals surface area contributed by atoms with Crippen LogP contribution in [0.3, 0.4) is 0 Å². The normalized spacial score (nSPS) is 20.2. The van der Waals surface area contributed by atoms with E-state index in [9.17, 15) is 15.2 Å². The average molecular weight is 703 g/mol. The third-order valence-electron chi connectivity index (χ3n) is 10.5. The molecule has 2 atom stereocenters. The van der Waals surface area contributed by atoms with Gasteiger partial charge in [0.05, 0.1) is 39.9 Å². The number of nitriles is 1. The molecule has 0 spiro atoms. The van der Waals surface area contributed by atoms with Crippen molar-refractivity contribution in [3.63, 3.8) is 0 Å². The minimum atomic E-state index is -0.855. The number of nitrogens with zero attached hydrogens (tertiary/aromatic N) is 10. The Hall–Kier alpha value is -5.59. The van der Waals surface area contributed by atoms with E-state index in [1.54, 1.807) is 23.0 Å². The van der Waals surface area contributed by atoms with Crippen LogP contribution in [0.2, 0.25) is 0 Å². The molecule has 0 aliphatic carbocycles. The number of rotatable bonds is 9. The van der Waals surface area contributed by atoms with E-state index >= 15 is 0 Å². The number of amides is 1. The second kappa shape index (κ2) is 14.6. The van der Waals surface area contributed by atoms with Gasteiger partial charge in [-0.15, -0.1) is 5.10 Å². The van der Waals surface area contributed by atoms with Crippen molar-refractivity contribution in [2.24, 2.45) is 5.92 Å². The Bertz CT molecular complexity index is 2070. The molecule has 15 heteroatoms. The third kappa shape index (κ3) is 6.87. The average Bonchev–Trinajstić information content (AvgIpc) is 3.84. The quantitative estimate of drug-likeness (QED) is 0.204. The molecule has 5 aromatic heterocycles. The molecule has 5 aromatic rings. The summed E-state index contributed by atoms with van der Waals surface area (Å²) >= 11 is 0. The van der Waals surface area contributed by atoms with Crippen molar-refractivity contribution in [1.29, 1.82) is 5.26 Å². The second-order valence-corrected chi connectivity index (χ2v) is 13.8. The first kappa shape index (κ1) is 33.5. The first-order chi connectivity index (χ1) is 25.4. The molecule has 0 aromatic carbocycles. The number of aromatic nitrogens is 6. The summed E-state index contributed by atoms with van der Waals surface area (Å²) in [5, 5.41) is 38.8. The van der Waals surface area contributed by atoms with Crippen LogP contribution in [0.25, 0.3) is 28.4 Å². The van der Waals surface area contributed by atoms with Gasteiger partial charge in [-0.2, -0.15) is 10.4 Å². The number of hydrogen-bond donors (Lipinski definition) is 3. The van der Waals surface area contributed by atoms with E-state index in [1.165, 1.54) is 0 Å². The molecule has 3 aliphatic rings. The van der Waals surface area contributed by atoms with E-state index in [0.29, 0.717) is 42.8 Å². The highest BCUT2D eigenvalue weighted by Crippen LogP contribution is 2.33. The fraction of sp³-hybridized carbons (Fsp3) is 0.432. The van der Waals surface area contributed by atoms with Gasteiger partial charge in [0, 0.05) is 77.1 Å². The van der Waals surface area contributed by atoms with Gasteiger partial charge in [0.15, 0.2) is 0 Å². The van der Waals surface area contributed by atoms with Crippen LogP contribution in [-0.2, 0) is 4.79 Å².